The summed E-state index contributed by atoms with van der Waals surface area (Å²) in [6, 6.07) is 0. The number of hydrogen-bond donors (Lipinski definition) is 2. The van der Waals surface area contributed by atoms with Gasteiger partial charge in [-0.15, -0.1) is 0 Å². The molecule has 0 aliphatic heterocycles. The van der Waals surface area contributed by atoms with Crippen molar-refractivity contribution in [2.75, 3.05) is 6.61 Å². The first-order valence-electron chi connectivity index (χ1n) is 2.54. The highest BCUT2D eigenvalue weighted by Gasteiger charge is 2.30. The fourth-order valence-electron chi connectivity index (χ4n) is 0.285. The summed E-state index contributed by atoms with van der Waals surface area (Å²) in [5.41, 5.74) is 0. The van der Waals surface area contributed by atoms with Crippen LogP contribution in [-0.2, 0) is 9.84 Å². The quantitative estimate of drug-likeness (QED) is 0.501. The molecule has 1 unspecified atom stereocenters. The van der Waals surface area contributed by atoms with Crippen LogP contribution < -0.4 is 0 Å². The first-order chi connectivity index (χ1) is 3.98. The Balaban J connectivity index is 3.59. The Morgan fingerprint density at radius 2 is 2.22 bits per heavy atom. The number of rotatable bonds is 3. The lowest BCUT2D eigenvalue weighted by molar-refractivity contribution is -0.385. The van der Waals surface area contributed by atoms with Crippen molar-refractivity contribution in [1.82, 2.24) is 0 Å². The van der Waals surface area contributed by atoms with Crippen LogP contribution >= 0.6 is 0 Å². The lowest BCUT2D eigenvalue weighted by atomic mass is 10.3. The average molecular weight is 134 g/mol. The molecule has 9 heavy (non-hydrogen) atoms. The van der Waals surface area contributed by atoms with E-state index in [0.29, 0.717) is 0 Å². The topological polar surface area (TPSA) is 69.6 Å². The maximum absolute atomic E-state index is 10.2. The Bertz CT molecular complexity index is 75.5. The van der Waals surface area contributed by atoms with E-state index < -0.39 is 12.1 Å². The molecule has 0 saturated heterocycles. The van der Waals surface area contributed by atoms with E-state index in [2.05, 4.69) is 11.7 Å². The van der Waals surface area contributed by atoms with E-state index in [9.17, 15) is 5.11 Å². The Morgan fingerprint density at radius 3 is 2.33 bits per heavy atom. The lowest BCUT2D eigenvalue weighted by Gasteiger charge is -2.18. The third kappa shape index (κ3) is 3.42. The van der Waals surface area contributed by atoms with E-state index >= 15 is 0 Å². The molecule has 0 aromatic carbocycles. The molecule has 0 rings (SSSR count). The fraction of sp³-hybridized carbons (Fsp3) is 0.800. The van der Waals surface area contributed by atoms with Gasteiger partial charge in [0, 0.05) is 6.61 Å². The summed E-state index contributed by atoms with van der Waals surface area (Å²) in [7, 11) is 0. The highest BCUT2D eigenvalue weighted by molar-refractivity contribution is 4.57. The second-order valence-corrected chi connectivity index (χ2v) is 1.67. The van der Waals surface area contributed by atoms with E-state index in [4.69, 9.17) is 10.2 Å². The van der Waals surface area contributed by atoms with Gasteiger partial charge in [0.05, 0.1) is 0 Å². The van der Waals surface area contributed by atoms with E-state index in [1.54, 1.807) is 0 Å². The van der Waals surface area contributed by atoms with Crippen molar-refractivity contribution >= 4 is 0 Å². The lowest BCUT2D eigenvalue weighted by Crippen LogP contribution is -2.40. The highest BCUT2D eigenvalue weighted by Crippen LogP contribution is 2.05. The minimum absolute atomic E-state index is 0.0479. The maximum Gasteiger partial charge on any atom is 0.334 e. The molecule has 0 spiro atoms. The predicted octanol–water partition coefficient (Wildman–Crippen LogP) is -0.706. The van der Waals surface area contributed by atoms with E-state index in [-0.39, 0.29) is 6.61 Å². The summed E-state index contributed by atoms with van der Waals surface area (Å²) >= 11 is 0. The second kappa shape index (κ2) is 3.12. The molecule has 0 aromatic heterocycles. The van der Waals surface area contributed by atoms with Crippen LogP contribution in [0.3, 0.4) is 0 Å². The molecule has 0 heterocycles. The van der Waals surface area contributed by atoms with Crippen LogP contribution in [0.4, 0.5) is 0 Å². The minimum atomic E-state index is -3.00. The van der Waals surface area contributed by atoms with Crippen LogP contribution in [0.15, 0.2) is 0 Å². The van der Waals surface area contributed by atoms with Gasteiger partial charge < -0.3 is 14.9 Å². The van der Waals surface area contributed by atoms with Gasteiger partial charge >= 0.3 is 5.97 Å². The van der Waals surface area contributed by atoms with Gasteiger partial charge in [-0.05, 0) is 13.8 Å². The van der Waals surface area contributed by atoms with Crippen molar-refractivity contribution < 1.29 is 20.1 Å². The van der Waals surface area contributed by atoms with Crippen molar-refractivity contribution in [1.29, 1.82) is 0 Å². The number of hydrogen-bond acceptors (Lipinski definition) is 3. The largest absolute Gasteiger partial charge is 0.370 e. The molecule has 4 heteroatoms. The van der Waals surface area contributed by atoms with Gasteiger partial charge in [0.25, 0.3) is 0 Å². The van der Waals surface area contributed by atoms with E-state index in [0.717, 1.165) is 0 Å². The van der Waals surface area contributed by atoms with Crippen molar-refractivity contribution in [2.24, 2.45) is 0 Å². The van der Waals surface area contributed by atoms with Crippen molar-refractivity contribution in [3.05, 3.63) is 6.92 Å². The molecule has 4 nitrogen and oxygen atoms in total. The predicted molar refractivity (Wildman–Crippen MR) is 28.6 cm³/mol. The number of ether oxygens (including phenoxy) is 1. The van der Waals surface area contributed by atoms with Crippen LogP contribution in [0.2, 0.25) is 0 Å². The summed E-state index contributed by atoms with van der Waals surface area (Å²) < 4.78 is 4.48. The van der Waals surface area contributed by atoms with Crippen LogP contribution in [0.1, 0.15) is 6.92 Å². The van der Waals surface area contributed by atoms with Gasteiger partial charge in [-0.1, -0.05) is 0 Å². The molecule has 1 atom stereocenters. The molecule has 0 aromatic rings. The van der Waals surface area contributed by atoms with E-state index in [1.807, 2.05) is 0 Å². The summed E-state index contributed by atoms with van der Waals surface area (Å²) in [4.78, 5) is 0. The normalized spacial score (nSPS) is 15.7. The van der Waals surface area contributed by atoms with E-state index in [1.165, 1.54) is 6.92 Å². The molecule has 0 bridgehead atoms. The zero-order chi connectivity index (χ0) is 7.49. The summed E-state index contributed by atoms with van der Waals surface area (Å²) in [6.07, 6.45) is -1.14. The molecule has 0 fully saturated rings. The molecule has 2 radical (unpaired) electrons. The van der Waals surface area contributed by atoms with Gasteiger partial charge in [0.15, 0.2) is 0 Å². The maximum atomic E-state index is 10.2. The molecule has 2 N–H and O–H groups in total. The van der Waals surface area contributed by atoms with Gasteiger partial charge in [-0.3, -0.25) is 0 Å². The Kier molecular flexibility index (Phi) is 3.07. The van der Waals surface area contributed by atoms with Gasteiger partial charge in [0.2, 0.25) is 0 Å². The summed E-state index contributed by atoms with van der Waals surface area (Å²) in [6.45, 7) is 4.57. The van der Waals surface area contributed by atoms with Crippen molar-refractivity contribution in [2.45, 2.75) is 19.0 Å². The SMILES string of the molecule is [CH2]COC(C)C([O])(O)O. The Hall–Kier alpha value is -0.160. The number of aliphatic hydroxyl groups is 2. The molecule has 0 aliphatic rings. The molecular weight excluding hydrogens is 124 g/mol. The van der Waals surface area contributed by atoms with Crippen molar-refractivity contribution in [3.63, 3.8) is 0 Å². The van der Waals surface area contributed by atoms with Crippen LogP contribution in [-0.4, -0.2) is 28.9 Å². The monoisotopic (exact) mass is 134 g/mol. The average Bonchev–Trinajstić information content (AvgIpc) is 1.64. The first kappa shape index (κ1) is 8.84. The first-order valence-corrected chi connectivity index (χ1v) is 2.54. The fourth-order valence-corrected chi connectivity index (χ4v) is 0.285. The van der Waals surface area contributed by atoms with Crippen molar-refractivity contribution in [3.8, 4) is 0 Å². The smallest absolute Gasteiger partial charge is 0.334 e. The standard InChI is InChI=1S/C5H10O4/c1-3-9-4(2)5(6,7)8/h4,6-7H,1,3H2,2H3. The molecular formula is C5H10O4. The summed E-state index contributed by atoms with van der Waals surface area (Å²) in [5, 5.41) is 26.7. The Labute approximate surface area is 53.7 Å². The van der Waals surface area contributed by atoms with Crippen LogP contribution in [0, 0.1) is 6.92 Å². The molecule has 0 amide bonds. The minimum Gasteiger partial charge on any atom is -0.370 e. The Morgan fingerprint density at radius 1 is 1.78 bits per heavy atom. The summed E-state index contributed by atoms with van der Waals surface area (Å²) in [5.74, 6) is -3.00. The zero-order valence-corrected chi connectivity index (χ0v) is 5.20. The zero-order valence-electron chi connectivity index (χ0n) is 5.20. The van der Waals surface area contributed by atoms with Crippen LogP contribution in [0.5, 0.6) is 0 Å². The van der Waals surface area contributed by atoms with Gasteiger partial charge in [-0.25, -0.2) is 0 Å². The van der Waals surface area contributed by atoms with Gasteiger partial charge in [-0.2, -0.15) is 5.11 Å². The molecule has 0 aliphatic carbocycles. The third-order valence-electron chi connectivity index (χ3n) is 0.897. The van der Waals surface area contributed by atoms with Gasteiger partial charge in [0.1, 0.15) is 6.10 Å². The highest BCUT2D eigenvalue weighted by atomic mass is 16.7. The van der Waals surface area contributed by atoms with Crippen LogP contribution in [0.25, 0.3) is 0 Å². The molecule has 54 valence electrons. The molecule has 0 saturated carbocycles. The third-order valence-corrected chi connectivity index (χ3v) is 0.897. The second-order valence-electron chi connectivity index (χ2n) is 1.67.